The van der Waals surface area contributed by atoms with Crippen molar-refractivity contribution in [3.8, 4) is 17.6 Å². The maximum atomic E-state index is 13.1. The van der Waals surface area contributed by atoms with Crippen LogP contribution in [-0.2, 0) is 6.18 Å². The molecule has 0 aromatic heterocycles. The van der Waals surface area contributed by atoms with Crippen molar-refractivity contribution in [2.75, 3.05) is 18.5 Å². The molecule has 0 unspecified atom stereocenters. The first kappa shape index (κ1) is 20.3. The van der Waals surface area contributed by atoms with E-state index in [9.17, 15) is 13.2 Å². The van der Waals surface area contributed by atoms with Gasteiger partial charge in [-0.25, -0.2) is 0 Å². The van der Waals surface area contributed by atoms with E-state index >= 15 is 0 Å². The largest absolute Gasteiger partial charge is 0.457 e. The van der Waals surface area contributed by atoms with Gasteiger partial charge in [0.15, 0.2) is 0 Å². The van der Waals surface area contributed by atoms with Crippen molar-refractivity contribution in [2.45, 2.75) is 26.9 Å². The van der Waals surface area contributed by atoms with Gasteiger partial charge >= 0.3 is 6.18 Å². The lowest BCUT2D eigenvalue weighted by Crippen LogP contribution is -2.16. The molecule has 0 fully saturated rings. The van der Waals surface area contributed by atoms with E-state index in [1.165, 1.54) is 6.07 Å². The molecule has 4 nitrogen and oxygen atoms in total. The van der Waals surface area contributed by atoms with Crippen molar-refractivity contribution < 1.29 is 17.9 Å². The summed E-state index contributed by atoms with van der Waals surface area (Å²) in [7, 11) is 1.87. The second-order valence-electron chi connectivity index (χ2n) is 6.05. The number of alkyl halides is 3. The minimum atomic E-state index is -4.62. The number of anilines is 1. The minimum absolute atomic E-state index is 0.0254. The highest BCUT2D eigenvalue weighted by Gasteiger charge is 2.34. The summed E-state index contributed by atoms with van der Waals surface area (Å²) in [6, 6.07) is 8.54. The van der Waals surface area contributed by atoms with E-state index < -0.39 is 17.3 Å². The number of nitrogens with zero attached hydrogens (tertiary/aromatic N) is 3. The summed E-state index contributed by atoms with van der Waals surface area (Å²) < 4.78 is 45.0. The number of aryl methyl sites for hydroxylation is 2. The fourth-order valence-electron chi connectivity index (χ4n) is 2.58. The van der Waals surface area contributed by atoms with Gasteiger partial charge in [-0.1, -0.05) is 0 Å². The van der Waals surface area contributed by atoms with Crippen LogP contribution in [-0.4, -0.2) is 19.9 Å². The number of nitriles is 1. The maximum Gasteiger partial charge on any atom is 0.417 e. The molecule has 27 heavy (non-hydrogen) atoms. The normalized spacial score (nSPS) is 11.5. The van der Waals surface area contributed by atoms with Crippen LogP contribution in [0.15, 0.2) is 35.3 Å². The Morgan fingerprint density at radius 2 is 1.89 bits per heavy atom. The molecule has 0 bridgehead atoms. The van der Waals surface area contributed by atoms with Gasteiger partial charge in [-0.2, -0.15) is 18.4 Å². The third-order valence-electron chi connectivity index (χ3n) is 3.96. The van der Waals surface area contributed by atoms with Crippen LogP contribution >= 0.6 is 0 Å². The summed E-state index contributed by atoms with van der Waals surface area (Å²) in [4.78, 5) is 6.07. The van der Waals surface area contributed by atoms with Crippen LogP contribution in [0.1, 0.15) is 29.2 Å². The third kappa shape index (κ3) is 4.79. The standard InChI is InChI=1S/C20H20F3N3O/c1-5-25-12-26(4)18-8-14(3)19(9-13(18)2)27-16-7-6-15(11-24)17(10-16)20(21,22)23/h6-10,12H,5H2,1-4H3. The number of halogens is 3. The molecule has 0 aliphatic carbocycles. The zero-order valence-electron chi connectivity index (χ0n) is 15.6. The molecule has 0 saturated heterocycles. The van der Waals surface area contributed by atoms with E-state index in [0.717, 1.165) is 28.9 Å². The molecule has 0 atom stereocenters. The Labute approximate surface area is 156 Å². The van der Waals surface area contributed by atoms with Gasteiger partial charge in [0.05, 0.1) is 23.5 Å². The molecule has 0 amide bonds. The van der Waals surface area contributed by atoms with Crippen LogP contribution in [0, 0.1) is 25.2 Å². The highest BCUT2D eigenvalue weighted by atomic mass is 19.4. The number of hydrogen-bond acceptors (Lipinski definition) is 3. The van der Waals surface area contributed by atoms with E-state index in [-0.39, 0.29) is 5.75 Å². The first-order chi connectivity index (χ1) is 12.7. The Kier molecular flexibility index (Phi) is 6.11. The van der Waals surface area contributed by atoms with Crippen LogP contribution in [0.25, 0.3) is 0 Å². The molecule has 0 heterocycles. The van der Waals surface area contributed by atoms with E-state index in [1.807, 2.05) is 38.8 Å². The smallest absolute Gasteiger partial charge is 0.417 e. The fraction of sp³-hybridized carbons (Fsp3) is 0.300. The lowest BCUT2D eigenvalue weighted by atomic mass is 10.1. The quantitative estimate of drug-likeness (QED) is 0.514. The topological polar surface area (TPSA) is 48.6 Å². The number of benzene rings is 2. The van der Waals surface area contributed by atoms with Gasteiger partial charge in [0.25, 0.3) is 0 Å². The van der Waals surface area contributed by atoms with Gasteiger partial charge in [0.1, 0.15) is 11.5 Å². The van der Waals surface area contributed by atoms with E-state index in [4.69, 9.17) is 10.00 Å². The first-order valence-corrected chi connectivity index (χ1v) is 8.30. The summed E-state index contributed by atoms with van der Waals surface area (Å²) in [5.41, 5.74) is 1.14. The van der Waals surface area contributed by atoms with Gasteiger partial charge in [-0.05, 0) is 62.2 Å². The highest BCUT2D eigenvalue weighted by molar-refractivity contribution is 5.80. The molecular formula is C20H20F3N3O. The Balaban J connectivity index is 2.37. The lowest BCUT2D eigenvalue weighted by Gasteiger charge is -2.19. The SMILES string of the molecule is CCN=CN(C)c1cc(C)c(Oc2ccc(C#N)c(C(F)(F)F)c2)cc1C. The molecule has 2 aromatic rings. The van der Waals surface area contributed by atoms with Crippen molar-refractivity contribution in [3.63, 3.8) is 0 Å². The Morgan fingerprint density at radius 1 is 1.19 bits per heavy atom. The van der Waals surface area contributed by atoms with Crippen LogP contribution in [0.3, 0.4) is 0 Å². The summed E-state index contributed by atoms with van der Waals surface area (Å²) in [6.45, 7) is 6.31. The maximum absolute atomic E-state index is 13.1. The fourth-order valence-corrected chi connectivity index (χ4v) is 2.58. The Hall–Kier alpha value is -3.01. The average Bonchev–Trinajstić information content (AvgIpc) is 2.61. The Bertz CT molecular complexity index is 899. The molecule has 0 saturated carbocycles. The third-order valence-corrected chi connectivity index (χ3v) is 3.96. The lowest BCUT2D eigenvalue weighted by molar-refractivity contribution is -0.137. The second-order valence-corrected chi connectivity index (χ2v) is 6.05. The molecule has 0 aliphatic rings. The first-order valence-electron chi connectivity index (χ1n) is 8.30. The summed E-state index contributed by atoms with van der Waals surface area (Å²) in [6.07, 6.45) is -2.90. The zero-order valence-corrected chi connectivity index (χ0v) is 15.6. The molecule has 142 valence electrons. The Morgan fingerprint density at radius 3 is 2.48 bits per heavy atom. The van der Waals surface area contributed by atoms with Crippen molar-refractivity contribution in [2.24, 2.45) is 4.99 Å². The molecule has 2 rings (SSSR count). The zero-order chi connectivity index (χ0) is 20.2. The molecule has 2 aromatic carbocycles. The molecule has 7 heteroatoms. The predicted molar refractivity (Wildman–Crippen MR) is 99.6 cm³/mol. The van der Waals surface area contributed by atoms with Crippen LogP contribution in [0.2, 0.25) is 0 Å². The van der Waals surface area contributed by atoms with Gasteiger partial charge in [0, 0.05) is 19.3 Å². The van der Waals surface area contributed by atoms with Crippen molar-refractivity contribution in [3.05, 3.63) is 52.6 Å². The van der Waals surface area contributed by atoms with Crippen LogP contribution < -0.4 is 9.64 Å². The van der Waals surface area contributed by atoms with E-state index in [2.05, 4.69) is 4.99 Å². The molecule has 0 N–H and O–H groups in total. The van der Waals surface area contributed by atoms with Crippen molar-refractivity contribution in [1.29, 1.82) is 5.26 Å². The van der Waals surface area contributed by atoms with Gasteiger partial charge < -0.3 is 9.64 Å². The highest BCUT2D eigenvalue weighted by Crippen LogP contribution is 2.36. The molecule has 0 spiro atoms. The molecule has 0 aliphatic heterocycles. The van der Waals surface area contributed by atoms with Crippen molar-refractivity contribution in [1.82, 2.24) is 0 Å². The number of aliphatic imine (C=N–C) groups is 1. The number of ether oxygens (including phenoxy) is 1. The summed E-state index contributed by atoms with van der Waals surface area (Å²) >= 11 is 0. The second kappa shape index (κ2) is 8.12. The van der Waals surface area contributed by atoms with E-state index in [1.54, 1.807) is 18.5 Å². The molecular weight excluding hydrogens is 355 g/mol. The number of hydrogen-bond donors (Lipinski definition) is 0. The summed E-state index contributed by atoms with van der Waals surface area (Å²) in [5, 5.41) is 8.88. The van der Waals surface area contributed by atoms with Gasteiger partial charge in [0.2, 0.25) is 0 Å². The predicted octanol–water partition coefficient (Wildman–Crippen LogP) is 5.47. The number of rotatable bonds is 5. The van der Waals surface area contributed by atoms with Crippen LogP contribution in [0.4, 0.5) is 18.9 Å². The van der Waals surface area contributed by atoms with Crippen LogP contribution in [0.5, 0.6) is 11.5 Å². The van der Waals surface area contributed by atoms with E-state index in [0.29, 0.717) is 12.3 Å². The van der Waals surface area contributed by atoms with Gasteiger partial charge in [-0.15, -0.1) is 0 Å². The molecule has 0 radical (unpaired) electrons. The minimum Gasteiger partial charge on any atom is -0.457 e. The summed E-state index contributed by atoms with van der Waals surface area (Å²) in [5.74, 6) is 0.479. The van der Waals surface area contributed by atoms with Crippen molar-refractivity contribution >= 4 is 12.0 Å². The average molecular weight is 375 g/mol. The van der Waals surface area contributed by atoms with Gasteiger partial charge in [-0.3, -0.25) is 4.99 Å². The monoisotopic (exact) mass is 375 g/mol.